The Labute approximate surface area is 219 Å². The van der Waals surface area contributed by atoms with Crippen molar-refractivity contribution in [2.24, 2.45) is 45.3 Å². The molecule has 0 aromatic carbocycles. The van der Waals surface area contributed by atoms with Gasteiger partial charge in [0.1, 0.15) is 11.6 Å². The highest BCUT2D eigenvalue weighted by molar-refractivity contribution is 6.12. The van der Waals surface area contributed by atoms with E-state index in [2.05, 4.69) is 0 Å². The molecule has 0 aliphatic heterocycles. The number of carbonyl (C=O) groups excluding carboxylic acids is 4. The van der Waals surface area contributed by atoms with Crippen LogP contribution in [-0.2, 0) is 24.0 Å². The molecule has 2 N–H and O–H groups in total. The number of allylic oxidation sites excluding steroid dienone is 1. The van der Waals surface area contributed by atoms with Crippen molar-refractivity contribution in [1.29, 1.82) is 0 Å². The molecule has 204 valence electrons. The third-order valence-electron chi connectivity index (χ3n) is 11.4. The second-order valence-electron chi connectivity index (χ2n) is 13.7. The summed E-state index contributed by atoms with van der Waals surface area (Å²) in [5.74, 6) is -2.62. The third kappa shape index (κ3) is 3.74. The molecule has 0 aromatic heterocycles. The number of carboxylic acid groups (broad SMARTS) is 1. The number of fused-ring (bicyclic) bond motifs is 4. The zero-order valence-corrected chi connectivity index (χ0v) is 23.3. The molecular formula is C30H42O7. The molecule has 4 aliphatic carbocycles. The van der Waals surface area contributed by atoms with Gasteiger partial charge >= 0.3 is 5.97 Å². The Bertz CT molecular complexity index is 1110. The second-order valence-corrected chi connectivity index (χ2v) is 13.7. The molecule has 0 amide bonds. The second kappa shape index (κ2) is 8.69. The molecule has 2 saturated carbocycles. The Kier molecular flexibility index (Phi) is 6.54. The molecule has 0 saturated heterocycles. The Morgan fingerprint density at radius 2 is 1.59 bits per heavy atom. The molecular weight excluding hydrogens is 472 g/mol. The van der Waals surface area contributed by atoms with Crippen molar-refractivity contribution >= 4 is 29.1 Å². The first kappa shape index (κ1) is 27.9. The minimum absolute atomic E-state index is 0.0517. The van der Waals surface area contributed by atoms with E-state index in [1.165, 1.54) is 6.92 Å². The highest BCUT2D eigenvalue weighted by Crippen LogP contribution is 2.70. The fraction of sp³-hybridized carbons (Fsp3) is 0.767. The van der Waals surface area contributed by atoms with Gasteiger partial charge in [-0.3, -0.25) is 24.0 Å². The highest BCUT2D eigenvalue weighted by Gasteiger charge is 2.70. The third-order valence-corrected chi connectivity index (χ3v) is 11.4. The largest absolute Gasteiger partial charge is 0.481 e. The van der Waals surface area contributed by atoms with Gasteiger partial charge in [0.05, 0.1) is 12.0 Å². The van der Waals surface area contributed by atoms with Crippen LogP contribution in [0.2, 0.25) is 0 Å². The quantitative estimate of drug-likeness (QED) is 0.540. The summed E-state index contributed by atoms with van der Waals surface area (Å²) in [6.07, 6.45) is 0.899. The number of ketones is 4. The fourth-order valence-electron chi connectivity index (χ4n) is 8.92. The lowest BCUT2D eigenvalue weighted by Crippen LogP contribution is -2.59. The van der Waals surface area contributed by atoms with Crippen molar-refractivity contribution in [2.75, 3.05) is 0 Å². The van der Waals surface area contributed by atoms with E-state index in [9.17, 15) is 34.2 Å². The van der Waals surface area contributed by atoms with Crippen LogP contribution in [0.3, 0.4) is 0 Å². The topological polar surface area (TPSA) is 126 Å². The number of hydrogen-bond acceptors (Lipinski definition) is 6. The first-order valence-corrected chi connectivity index (χ1v) is 13.7. The first-order valence-electron chi connectivity index (χ1n) is 13.7. The van der Waals surface area contributed by atoms with Crippen molar-refractivity contribution < 1.29 is 34.2 Å². The van der Waals surface area contributed by atoms with Crippen LogP contribution < -0.4 is 0 Å². The molecule has 0 aromatic rings. The average Bonchev–Trinajstić information content (AvgIpc) is 2.99. The molecule has 8 atom stereocenters. The van der Waals surface area contributed by atoms with E-state index in [4.69, 9.17) is 0 Å². The minimum Gasteiger partial charge on any atom is -0.481 e. The number of carbonyl (C=O) groups is 5. The predicted octanol–water partition coefficient (Wildman–Crippen LogP) is 4.34. The number of carboxylic acids is 1. The van der Waals surface area contributed by atoms with Crippen LogP contribution in [0.5, 0.6) is 0 Å². The highest BCUT2D eigenvalue weighted by atomic mass is 16.4. The average molecular weight is 515 g/mol. The molecule has 0 bridgehead atoms. The van der Waals surface area contributed by atoms with Crippen molar-refractivity contribution in [3.8, 4) is 0 Å². The van der Waals surface area contributed by atoms with E-state index in [0.29, 0.717) is 30.4 Å². The van der Waals surface area contributed by atoms with Crippen molar-refractivity contribution in [3.05, 3.63) is 11.1 Å². The van der Waals surface area contributed by atoms with E-state index >= 15 is 0 Å². The maximum Gasteiger partial charge on any atom is 0.306 e. The lowest BCUT2D eigenvalue weighted by molar-refractivity contribution is -0.147. The Hall–Kier alpha value is -2.15. The summed E-state index contributed by atoms with van der Waals surface area (Å²) in [6.45, 7) is 13.1. The van der Waals surface area contributed by atoms with Crippen LogP contribution in [-0.4, -0.2) is 45.4 Å². The molecule has 2 fully saturated rings. The van der Waals surface area contributed by atoms with E-state index in [0.717, 1.165) is 0 Å². The maximum atomic E-state index is 14.0. The van der Waals surface area contributed by atoms with Gasteiger partial charge in [-0.25, -0.2) is 0 Å². The zero-order valence-electron chi connectivity index (χ0n) is 23.3. The number of Topliss-reactive ketones (excluding diaryl/α,β-unsaturated/α-hetero) is 4. The molecule has 4 aliphatic rings. The summed E-state index contributed by atoms with van der Waals surface area (Å²) in [5.41, 5.74) is -1.98. The van der Waals surface area contributed by atoms with Gasteiger partial charge in [0, 0.05) is 59.5 Å². The summed E-state index contributed by atoms with van der Waals surface area (Å²) < 4.78 is 0. The molecule has 4 rings (SSSR count). The lowest BCUT2D eigenvalue weighted by Gasteiger charge is -2.59. The minimum atomic E-state index is -1.01. The van der Waals surface area contributed by atoms with Crippen molar-refractivity contribution in [3.63, 3.8) is 0 Å². The summed E-state index contributed by atoms with van der Waals surface area (Å²) in [6, 6.07) is 0. The van der Waals surface area contributed by atoms with Gasteiger partial charge < -0.3 is 10.2 Å². The number of rotatable bonds is 6. The van der Waals surface area contributed by atoms with Gasteiger partial charge in [-0.15, -0.1) is 0 Å². The molecule has 0 heterocycles. The molecule has 7 nitrogen and oxygen atoms in total. The molecule has 7 heteroatoms. The van der Waals surface area contributed by atoms with Crippen LogP contribution in [0.15, 0.2) is 11.1 Å². The van der Waals surface area contributed by atoms with E-state index in [1.54, 1.807) is 0 Å². The van der Waals surface area contributed by atoms with Gasteiger partial charge in [-0.2, -0.15) is 0 Å². The predicted molar refractivity (Wildman–Crippen MR) is 136 cm³/mol. The Morgan fingerprint density at radius 1 is 0.973 bits per heavy atom. The van der Waals surface area contributed by atoms with Crippen LogP contribution >= 0.6 is 0 Å². The maximum absolute atomic E-state index is 14.0. The van der Waals surface area contributed by atoms with Crippen LogP contribution in [0.4, 0.5) is 0 Å². The SMILES string of the molecule is CC(CC(=O)CC(C)[C@H]1C[C@H](O)[C@@]2(C)C3=C(C(=O)C[C@]12C)[C@@]1(C)CCC(=O)C(C)(C)[C@@H]1CC3=O)C(=O)O. The summed E-state index contributed by atoms with van der Waals surface area (Å²) >= 11 is 0. The van der Waals surface area contributed by atoms with Gasteiger partial charge in [0.2, 0.25) is 0 Å². The smallest absolute Gasteiger partial charge is 0.306 e. The molecule has 0 radical (unpaired) electrons. The Morgan fingerprint density at radius 3 is 2.19 bits per heavy atom. The van der Waals surface area contributed by atoms with E-state index in [1.807, 2.05) is 41.5 Å². The number of hydrogen-bond donors (Lipinski definition) is 2. The van der Waals surface area contributed by atoms with Crippen LogP contribution in [0.1, 0.15) is 93.4 Å². The fourth-order valence-corrected chi connectivity index (χ4v) is 8.92. The van der Waals surface area contributed by atoms with Gasteiger partial charge in [0.25, 0.3) is 0 Å². The first-order chi connectivity index (χ1) is 16.9. The summed E-state index contributed by atoms with van der Waals surface area (Å²) in [4.78, 5) is 64.6. The molecule has 0 spiro atoms. The number of aliphatic hydroxyl groups excluding tert-OH is 1. The normalized spacial score (nSPS) is 40.5. The lowest BCUT2D eigenvalue weighted by atomic mass is 9.42. The summed E-state index contributed by atoms with van der Waals surface area (Å²) in [7, 11) is 0. The van der Waals surface area contributed by atoms with Crippen molar-refractivity contribution in [1.82, 2.24) is 0 Å². The van der Waals surface area contributed by atoms with Gasteiger partial charge in [-0.05, 0) is 36.0 Å². The number of aliphatic carboxylic acids is 1. The molecule has 2 unspecified atom stereocenters. The zero-order chi connectivity index (χ0) is 27.9. The van der Waals surface area contributed by atoms with E-state index in [-0.39, 0.29) is 66.6 Å². The summed E-state index contributed by atoms with van der Waals surface area (Å²) in [5, 5.41) is 20.8. The Balaban J connectivity index is 1.75. The van der Waals surface area contributed by atoms with E-state index < -0.39 is 39.7 Å². The number of aliphatic hydroxyl groups is 1. The van der Waals surface area contributed by atoms with Crippen LogP contribution in [0, 0.1) is 45.3 Å². The monoisotopic (exact) mass is 514 g/mol. The van der Waals surface area contributed by atoms with Gasteiger partial charge in [-0.1, -0.05) is 48.5 Å². The van der Waals surface area contributed by atoms with Gasteiger partial charge in [0.15, 0.2) is 11.6 Å². The standard InChI is InChI=1S/C30H42O7/c1-15(10-17(31)11-16(2)26(36)37)18-12-23(35)30(7)25-19(32)13-21-27(3,4)22(34)8-9-28(21,5)24(25)20(33)14-29(18,30)6/h15-16,18,21,23,35H,8-14H2,1-7H3,(H,36,37)/t15?,16?,18-,21+,23+,28+,29-,30+/m1/s1. The van der Waals surface area contributed by atoms with Crippen molar-refractivity contribution in [2.45, 2.75) is 99.5 Å². The molecule has 37 heavy (non-hydrogen) atoms. The van der Waals surface area contributed by atoms with Crippen LogP contribution in [0.25, 0.3) is 0 Å².